The van der Waals surface area contributed by atoms with Gasteiger partial charge in [0.15, 0.2) is 0 Å². The molecule has 0 saturated heterocycles. The summed E-state index contributed by atoms with van der Waals surface area (Å²) in [5.74, 6) is 0.490. The lowest BCUT2D eigenvalue weighted by Crippen LogP contribution is -2.19. The average molecular weight is 264 g/mol. The molecule has 1 rings (SSSR count). The van der Waals surface area contributed by atoms with E-state index >= 15 is 0 Å². The molecule has 3 nitrogen and oxygen atoms in total. The molecule has 102 valence electrons. The van der Waals surface area contributed by atoms with Crippen molar-refractivity contribution in [3.05, 3.63) is 29.8 Å². The minimum Gasteiger partial charge on any atom is -0.491 e. The molecule has 0 aromatic heterocycles. The van der Waals surface area contributed by atoms with Gasteiger partial charge in [0.05, 0.1) is 12.7 Å². The number of hydrogen-bond donors (Lipinski definition) is 1. The van der Waals surface area contributed by atoms with Crippen LogP contribution >= 0.6 is 0 Å². The molecule has 1 aromatic rings. The van der Waals surface area contributed by atoms with Crippen LogP contribution in [0.15, 0.2) is 24.3 Å². The first-order valence-corrected chi connectivity index (χ1v) is 5.44. The van der Waals surface area contributed by atoms with Crippen molar-refractivity contribution in [3.63, 3.8) is 0 Å². The van der Waals surface area contributed by atoms with Gasteiger partial charge in [-0.3, -0.25) is 0 Å². The summed E-state index contributed by atoms with van der Waals surface area (Å²) in [7, 11) is 0. The number of ether oxygens (including phenoxy) is 2. The molecule has 0 fully saturated rings. The fraction of sp³-hybridized carbons (Fsp3) is 0.500. The van der Waals surface area contributed by atoms with Gasteiger partial charge in [-0.1, -0.05) is 12.1 Å². The molecule has 0 aliphatic heterocycles. The molecule has 0 bridgehead atoms. The maximum atomic E-state index is 11.8. The Balaban J connectivity index is 2.29. The second-order valence-electron chi connectivity index (χ2n) is 3.76. The van der Waals surface area contributed by atoms with Crippen molar-refractivity contribution >= 4 is 0 Å². The van der Waals surface area contributed by atoms with Gasteiger partial charge in [-0.2, -0.15) is 13.2 Å². The first kappa shape index (κ1) is 14.8. The standard InChI is InChI=1S/C12H15F3O3/c1-9(16)10-3-2-4-11(7-10)18-6-5-17-8-12(13,14)15/h2-4,7,9,16H,5-6,8H2,1H3/t9-/m0/s1. The third-order valence-corrected chi connectivity index (χ3v) is 2.10. The zero-order valence-corrected chi connectivity index (χ0v) is 9.91. The van der Waals surface area contributed by atoms with Gasteiger partial charge in [0.25, 0.3) is 0 Å². The Morgan fingerprint density at radius 1 is 1.28 bits per heavy atom. The van der Waals surface area contributed by atoms with Crippen LogP contribution in [0.25, 0.3) is 0 Å². The van der Waals surface area contributed by atoms with Crippen molar-refractivity contribution in [2.45, 2.75) is 19.2 Å². The summed E-state index contributed by atoms with van der Waals surface area (Å²) in [6.07, 6.45) is -4.93. The van der Waals surface area contributed by atoms with Crippen molar-refractivity contribution in [1.29, 1.82) is 0 Å². The van der Waals surface area contributed by atoms with Crippen LogP contribution in [0.5, 0.6) is 5.75 Å². The Labute approximate surface area is 103 Å². The molecule has 1 aromatic carbocycles. The SMILES string of the molecule is C[C@H](O)c1cccc(OCCOCC(F)(F)F)c1. The second-order valence-corrected chi connectivity index (χ2v) is 3.76. The molecule has 1 N–H and O–H groups in total. The van der Waals surface area contributed by atoms with Gasteiger partial charge in [0.1, 0.15) is 19.0 Å². The molecule has 0 radical (unpaired) electrons. The highest BCUT2D eigenvalue weighted by molar-refractivity contribution is 5.29. The number of aliphatic hydroxyl groups is 1. The third kappa shape index (κ3) is 5.88. The van der Waals surface area contributed by atoms with E-state index in [2.05, 4.69) is 4.74 Å². The third-order valence-electron chi connectivity index (χ3n) is 2.10. The molecule has 1 atom stereocenters. The Bertz CT molecular complexity index is 364. The fourth-order valence-electron chi connectivity index (χ4n) is 1.27. The second kappa shape index (κ2) is 6.61. The smallest absolute Gasteiger partial charge is 0.411 e. The summed E-state index contributed by atoms with van der Waals surface area (Å²) in [5, 5.41) is 9.34. The lowest BCUT2D eigenvalue weighted by Gasteiger charge is -2.10. The summed E-state index contributed by atoms with van der Waals surface area (Å²) in [4.78, 5) is 0. The van der Waals surface area contributed by atoms with Gasteiger partial charge in [0, 0.05) is 0 Å². The predicted octanol–water partition coefficient (Wildman–Crippen LogP) is 2.70. The average Bonchev–Trinajstić information content (AvgIpc) is 2.27. The predicted molar refractivity (Wildman–Crippen MR) is 59.4 cm³/mol. The monoisotopic (exact) mass is 264 g/mol. The van der Waals surface area contributed by atoms with Gasteiger partial charge in [-0.25, -0.2) is 0 Å². The number of aliphatic hydroxyl groups excluding tert-OH is 1. The maximum Gasteiger partial charge on any atom is 0.411 e. The van der Waals surface area contributed by atoms with E-state index in [1.165, 1.54) is 0 Å². The van der Waals surface area contributed by atoms with E-state index in [1.807, 2.05) is 0 Å². The molecule has 0 aliphatic rings. The quantitative estimate of drug-likeness (QED) is 0.803. The summed E-state index contributed by atoms with van der Waals surface area (Å²) in [6.45, 7) is 0.230. The van der Waals surface area contributed by atoms with Crippen LogP contribution in [-0.4, -0.2) is 31.1 Å². The van der Waals surface area contributed by atoms with E-state index in [1.54, 1.807) is 31.2 Å². The van der Waals surface area contributed by atoms with Crippen molar-refractivity contribution in [2.24, 2.45) is 0 Å². The molecule has 0 saturated carbocycles. The number of alkyl halides is 3. The summed E-state index contributed by atoms with van der Waals surface area (Å²) in [6, 6.07) is 6.73. The maximum absolute atomic E-state index is 11.8. The minimum atomic E-state index is -4.31. The summed E-state index contributed by atoms with van der Waals surface area (Å²) >= 11 is 0. The normalized spacial score (nSPS) is 13.4. The highest BCUT2D eigenvalue weighted by Gasteiger charge is 2.27. The van der Waals surface area contributed by atoms with E-state index in [4.69, 9.17) is 4.74 Å². The number of benzene rings is 1. The zero-order valence-electron chi connectivity index (χ0n) is 9.91. The van der Waals surface area contributed by atoms with Gasteiger partial charge >= 0.3 is 6.18 Å². The van der Waals surface area contributed by atoms with E-state index < -0.39 is 18.9 Å². The van der Waals surface area contributed by atoms with Crippen LogP contribution in [-0.2, 0) is 4.74 Å². The van der Waals surface area contributed by atoms with Gasteiger partial charge in [0.2, 0.25) is 0 Å². The molecular weight excluding hydrogens is 249 g/mol. The first-order chi connectivity index (χ1) is 8.38. The molecule has 6 heteroatoms. The number of halogens is 3. The molecule has 0 amide bonds. The van der Waals surface area contributed by atoms with Crippen LogP contribution < -0.4 is 4.74 Å². The van der Waals surface area contributed by atoms with Crippen LogP contribution in [0.1, 0.15) is 18.6 Å². The van der Waals surface area contributed by atoms with Gasteiger partial charge in [-0.05, 0) is 24.6 Å². The molecule has 0 spiro atoms. The van der Waals surface area contributed by atoms with E-state index in [-0.39, 0.29) is 13.2 Å². The molecule has 0 aliphatic carbocycles. The highest BCUT2D eigenvalue weighted by Crippen LogP contribution is 2.19. The Morgan fingerprint density at radius 3 is 2.61 bits per heavy atom. The van der Waals surface area contributed by atoms with Crippen molar-refractivity contribution < 1.29 is 27.8 Å². The van der Waals surface area contributed by atoms with Crippen molar-refractivity contribution in [2.75, 3.05) is 19.8 Å². The van der Waals surface area contributed by atoms with Gasteiger partial charge < -0.3 is 14.6 Å². The Kier molecular flexibility index (Phi) is 5.43. The van der Waals surface area contributed by atoms with Crippen LogP contribution in [0.3, 0.4) is 0 Å². The largest absolute Gasteiger partial charge is 0.491 e. The van der Waals surface area contributed by atoms with Crippen LogP contribution in [0.2, 0.25) is 0 Å². The van der Waals surface area contributed by atoms with E-state index in [0.717, 1.165) is 0 Å². The number of rotatable bonds is 6. The molecule has 18 heavy (non-hydrogen) atoms. The summed E-state index contributed by atoms with van der Waals surface area (Å²) < 4.78 is 44.9. The minimum absolute atomic E-state index is 0.0271. The van der Waals surface area contributed by atoms with Crippen molar-refractivity contribution in [1.82, 2.24) is 0 Å². The van der Waals surface area contributed by atoms with Gasteiger partial charge in [-0.15, -0.1) is 0 Å². The lowest BCUT2D eigenvalue weighted by molar-refractivity contribution is -0.175. The van der Waals surface area contributed by atoms with Crippen LogP contribution in [0.4, 0.5) is 13.2 Å². The molecular formula is C12H15F3O3. The highest BCUT2D eigenvalue weighted by atomic mass is 19.4. The molecule has 0 heterocycles. The van der Waals surface area contributed by atoms with E-state index in [9.17, 15) is 18.3 Å². The number of hydrogen-bond acceptors (Lipinski definition) is 3. The van der Waals surface area contributed by atoms with E-state index in [0.29, 0.717) is 11.3 Å². The molecule has 0 unspecified atom stereocenters. The Morgan fingerprint density at radius 2 is 2.00 bits per heavy atom. The lowest BCUT2D eigenvalue weighted by atomic mass is 10.1. The summed E-state index contributed by atoms with van der Waals surface area (Å²) in [5.41, 5.74) is 0.684. The Hall–Kier alpha value is -1.27. The topological polar surface area (TPSA) is 38.7 Å². The first-order valence-electron chi connectivity index (χ1n) is 5.44. The fourth-order valence-corrected chi connectivity index (χ4v) is 1.27. The van der Waals surface area contributed by atoms with Crippen LogP contribution in [0, 0.1) is 0 Å². The van der Waals surface area contributed by atoms with Crippen molar-refractivity contribution in [3.8, 4) is 5.75 Å². The zero-order chi connectivity index (χ0) is 13.6.